The number of amides is 1. The van der Waals surface area contributed by atoms with E-state index in [9.17, 15) is 26.4 Å². The molecule has 0 fully saturated rings. The van der Waals surface area contributed by atoms with Crippen LogP contribution in [0.5, 0.6) is 5.75 Å². The van der Waals surface area contributed by atoms with Crippen molar-refractivity contribution in [1.82, 2.24) is 5.32 Å². The first-order valence-corrected chi connectivity index (χ1v) is 12.1. The summed E-state index contributed by atoms with van der Waals surface area (Å²) in [6, 6.07) is 16.8. The van der Waals surface area contributed by atoms with E-state index in [1.165, 1.54) is 25.3 Å². The number of nitrogens with one attached hydrogen (secondary N) is 1. The van der Waals surface area contributed by atoms with Crippen molar-refractivity contribution in [3.63, 3.8) is 0 Å². The van der Waals surface area contributed by atoms with Gasteiger partial charge in [-0.1, -0.05) is 42.5 Å². The number of rotatable bonds is 8. The van der Waals surface area contributed by atoms with Crippen molar-refractivity contribution >= 4 is 21.6 Å². The van der Waals surface area contributed by atoms with Gasteiger partial charge in [0.2, 0.25) is 5.91 Å². The van der Waals surface area contributed by atoms with Gasteiger partial charge in [0.25, 0.3) is 10.0 Å². The fraction of sp³-hybridized carbons (Fsp3) is 0.240. The normalized spacial score (nSPS) is 12.6. The number of halogens is 3. The van der Waals surface area contributed by atoms with Gasteiger partial charge in [0.1, 0.15) is 17.2 Å². The summed E-state index contributed by atoms with van der Waals surface area (Å²) >= 11 is 0. The predicted octanol–water partition coefficient (Wildman–Crippen LogP) is 5.10. The maximum Gasteiger partial charge on any atom is 0.416 e. The third-order valence-electron chi connectivity index (χ3n) is 5.31. The number of carbonyl (C=O) groups is 1. The van der Waals surface area contributed by atoms with Crippen LogP contribution in [0, 0.1) is 6.92 Å². The zero-order valence-electron chi connectivity index (χ0n) is 19.3. The van der Waals surface area contributed by atoms with Gasteiger partial charge in [-0.25, -0.2) is 8.42 Å². The highest BCUT2D eigenvalue weighted by Crippen LogP contribution is 2.35. The summed E-state index contributed by atoms with van der Waals surface area (Å²) in [6.07, 6.45) is -4.70. The molecule has 0 radical (unpaired) electrons. The highest BCUT2D eigenvalue weighted by molar-refractivity contribution is 7.93. The number of hydrogen-bond acceptors (Lipinski definition) is 4. The van der Waals surface area contributed by atoms with E-state index in [0.717, 1.165) is 17.7 Å². The molecule has 0 bridgehead atoms. The molecule has 0 aliphatic heterocycles. The highest BCUT2D eigenvalue weighted by Gasteiger charge is 2.34. The number of aryl methyl sites for hydroxylation is 1. The van der Waals surface area contributed by atoms with Crippen LogP contribution in [0.25, 0.3) is 0 Å². The van der Waals surface area contributed by atoms with Gasteiger partial charge in [0.15, 0.2) is 0 Å². The molecule has 3 aromatic carbocycles. The molecule has 0 unspecified atom stereocenters. The van der Waals surface area contributed by atoms with Gasteiger partial charge in [0, 0.05) is 0 Å². The number of alkyl halides is 3. The fourth-order valence-electron chi connectivity index (χ4n) is 3.50. The summed E-state index contributed by atoms with van der Waals surface area (Å²) in [5.74, 6) is -0.681. The lowest BCUT2D eigenvalue weighted by Crippen LogP contribution is -2.41. The SMILES string of the molecule is COc1ccc(C)cc1S(=O)(=O)N(CC(=O)N[C@H](C)c1ccccc1)c1cccc(C(F)(F)F)c1. The lowest BCUT2D eigenvalue weighted by Gasteiger charge is -2.26. The van der Waals surface area contributed by atoms with Crippen LogP contribution < -0.4 is 14.4 Å². The van der Waals surface area contributed by atoms with Gasteiger partial charge in [-0.05, 0) is 55.3 Å². The van der Waals surface area contributed by atoms with Crippen molar-refractivity contribution in [3.8, 4) is 5.75 Å². The van der Waals surface area contributed by atoms with Crippen molar-refractivity contribution in [2.24, 2.45) is 0 Å². The summed E-state index contributed by atoms with van der Waals surface area (Å²) < 4.78 is 73.4. The first kappa shape index (κ1) is 26.1. The molecule has 3 aromatic rings. The Hall–Kier alpha value is -3.53. The summed E-state index contributed by atoms with van der Waals surface area (Å²) in [4.78, 5) is 12.7. The van der Waals surface area contributed by atoms with Gasteiger partial charge in [-0.15, -0.1) is 0 Å². The number of sulfonamides is 1. The molecule has 1 N–H and O–H groups in total. The maximum atomic E-state index is 13.7. The molecule has 0 spiro atoms. The smallest absolute Gasteiger partial charge is 0.416 e. The standard InChI is InChI=1S/C25H25F3N2O4S/c1-17-12-13-22(34-3)23(14-17)35(32,33)30(21-11-7-10-20(15-21)25(26,27)28)16-24(31)29-18(2)19-8-5-4-6-9-19/h4-15,18H,16H2,1-3H3,(H,29,31)/t18-/m1/s1. The van der Waals surface area contributed by atoms with Gasteiger partial charge in [-0.2, -0.15) is 13.2 Å². The zero-order chi connectivity index (χ0) is 25.8. The van der Waals surface area contributed by atoms with Crippen molar-refractivity contribution in [1.29, 1.82) is 0 Å². The second-order valence-electron chi connectivity index (χ2n) is 7.91. The number of hydrogen-bond donors (Lipinski definition) is 1. The molecule has 0 saturated carbocycles. The third-order valence-corrected chi connectivity index (χ3v) is 7.11. The molecule has 1 amide bonds. The number of benzene rings is 3. The van der Waals surface area contributed by atoms with Crippen LogP contribution >= 0.6 is 0 Å². The summed E-state index contributed by atoms with van der Waals surface area (Å²) in [5, 5.41) is 2.71. The molecule has 3 rings (SSSR count). The molecule has 10 heteroatoms. The Bertz CT molecular complexity index is 1300. The van der Waals surface area contributed by atoms with E-state index in [1.54, 1.807) is 44.2 Å². The van der Waals surface area contributed by atoms with Crippen molar-refractivity contribution < 1.29 is 31.1 Å². The van der Waals surface area contributed by atoms with Crippen LogP contribution in [0.1, 0.15) is 29.7 Å². The van der Waals surface area contributed by atoms with Gasteiger partial charge in [-0.3, -0.25) is 9.10 Å². The minimum atomic E-state index is -4.70. The second-order valence-corrected chi connectivity index (χ2v) is 9.74. The average molecular weight is 507 g/mol. The summed E-state index contributed by atoms with van der Waals surface area (Å²) in [7, 11) is -3.21. The van der Waals surface area contributed by atoms with Crippen LogP contribution in [-0.2, 0) is 21.0 Å². The minimum Gasteiger partial charge on any atom is -0.495 e. The van der Waals surface area contributed by atoms with Gasteiger partial charge >= 0.3 is 6.18 Å². The molecule has 35 heavy (non-hydrogen) atoms. The van der Waals surface area contributed by atoms with E-state index in [2.05, 4.69) is 5.32 Å². The number of anilines is 1. The first-order chi connectivity index (χ1) is 16.4. The Kier molecular flexibility index (Phi) is 7.74. The molecule has 186 valence electrons. The van der Waals surface area contributed by atoms with Crippen LogP contribution in [0.4, 0.5) is 18.9 Å². The van der Waals surface area contributed by atoms with Gasteiger partial charge < -0.3 is 10.1 Å². The van der Waals surface area contributed by atoms with Crippen molar-refractivity contribution in [3.05, 3.63) is 89.5 Å². The Morgan fingerprint density at radius 3 is 2.34 bits per heavy atom. The number of nitrogens with zero attached hydrogens (tertiary/aromatic N) is 1. The summed E-state index contributed by atoms with van der Waals surface area (Å²) in [6.45, 7) is 2.65. The van der Waals surface area contributed by atoms with Crippen LogP contribution in [-0.4, -0.2) is 28.0 Å². The molecule has 0 aliphatic carbocycles. The number of ether oxygens (including phenoxy) is 1. The van der Waals surface area contributed by atoms with E-state index in [0.29, 0.717) is 15.9 Å². The number of carbonyl (C=O) groups excluding carboxylic acids is 1. The molecule has 0 heterocycles. The molecule has 0 saturated heterocycles. The van der Waals surface area contributed by atoms with Crippen molar-refractivity contribution in [2.75, 3.05) is 18.0 Å². The minimum absolute atomic E-state index is 0.00522. The summed E-state index contributed by atoms with van der Waals surface area (Å²) in [5.41, 5.74) is 0.0422. The van der Waals surface area contributed by atoms with Gasteiger partial charge in [0.05, 0.1) is 24.4 Å². The average Bonchev–Trinajstić information content (AvgIpc) is 2.82. The lowest BCUT2D eigenvalue weighted by molar-refractivity contribution is -0.137. The third kappa shape index (κ3) is 6.13. The Morgan fingerprint density at radius 1 is 1.03 bits per heavy atom. The van der Waals surface area contributed by atoms with E-state index < -0.39 is 40.3 Å². The zero-order valence-corrected chi connectivity index (χ0v) is 20.2. The predicted molar refractivity (Wildman–Crippen MR) is 127 cm³/mol. The molecule has 6 nitrogen and oxygen atoms in total. The second kappa shape index (κ2) is 10.4. The monoisotopic (exact) mass is 506 g/mol. The van der Waals surface area contributed by atoms with Crippen LogP contribution in [0.15, 0.2) is 77.7 Å². The van der Waals surface area contributed by atoms with Crippen LogP contribution in [0.2, 0.25) is 0 Å². The molecular weight excluding hydrogens is 481 g/mol. The molecule has 1 atom stereocenters. The number of methoxy groups -OCH3 is 1. The van der Waals surface area contributed by atoms with Crippen molar-refractivity contribution in [2.45, 2.75) is 31.0 Å². The highest BCUT2D eigenvalue weighted by atomic mass is 32.2. The topological polar surface area (TPSA) is 75.7 Å². The Morgan fingerprint density at radius 2 is 1.71 bits per heavy atom. The Balaban J connectivity index is 2.05. The first-order valence-electron chi connectivity index (χ1n) is 10.6. The van der Waals surface area contributed by atoms with E-state index >= 15 is 0 Å². The largest absolute Gasteiger partial charge is 0.495 e. The van der Waals surface area contributed by atoms with Crippen LogP contribution in [0.3, 0.4) is 0 Å². The maximum absolute atomic E-state index is 13.7. The molecule has 0 aromatic heterocycles. The quantitative estimate of drug-likeness (QED) is 0.462. The van der Waals surface area contributed by atoms with E-state index in [-0.39, 0.29) is 16.3 Å². The Labute approximate surface area is 202 Å². The molecular formula is C25H25F3N2O4S. The molecule has 0 aliphatic rings. The lowest BCUT2D eigenvalue weighted by atomic mass is 10.1. The van der Waals surface area contributed by atoms with E-state index in [1.807, 2.05) is 6.07 Å². The fourth-order valence-corrected chi connectivity index (χ4v) is 5.16. The van der Waals surface area contributed by atoms with E-state index in [4.69, 9.17) is 4.74 Å².